The van der Waals surface area contributed by atoms with E-state index in [1.165, 1.54) is 0 Å². The van der Waals surface area contributed by atoms with Crippen molar-refractivity contribution >= 4 is 0 Å². The van der Waals surface area contributed by atoms with Gasteiger partial charge in [-0.2, -0.15) is 15.5 Å². The van der Waals surface area contributed by atoms with Crippen molar-refractivity contribution in [3.8, 4) is 6.07 Å². The molecule has 3 nitrogen and oxygen atoms in total. The van der Waals surface area contributed by atoms with E-state index in [0.29, 0.717) is 0 Å². The minimum Gasteiger partial charge on any atom is -0.196 e. The summed E-state index contributed by atoms with van der Waals surface area (Å²) in [6.07, 6.45) is 0.929. The lowest BCUT2D eigenvalue weighted by Crippen LogP contribution is -2.18. The molecule has 0 spiro atoms. The normalized spacial score (nSPS) is 13.3. The fourth-order valence-electron chi connectivity index (χ4n) is 0.353. The molecule has 0 saturated carbocycles. The first-order valence-corrected chi connectivity index (χ1v) is 4.18. The number of nitrogens with zero attached hydrogens (tertiary/aromatic N) is 3. The maximum atomic E-state index is 8.66. The van der Waals surface area contributed by atoms with Gasteiger partial charge in [0.2, 0.25) is 0 Å². The molecule has 0 rings (SSSR count). The number of nitriles is 1. The first-order chi connectivity index (χ1) is 5.33. The van der Waals surface area contributed by atoms with Crippen LogP contribution in [0.5, 0.6) is 0 Å². The van der Waals surface area contributed by atoms with Crippen molar-refractivity contribution in [3.05, 3.63) is 0 Å². The Bertz CT molecular complexity index is 208. The molecule has 0 aromatic rings. The van der Waals surface area contributed by atoms with Crippen LogP contribution in [0, 0.1) is 11.3 Å². The highest BCUT2D eigenvalue weighted by molar-refractivity contribution is 4.99. The van der Waals surface area contributed by atoms with Crippen LogP contribution in [0.3, 0.4) is 0 Å². The highest BCUT2D eigenvalue weighted by atomic mass is 15.2. The molecule has 0 radical (unpaired) electrons. The lowest BCUT2D eigenvalue weighted by molar-refractivity contribution is 0.446. The van der Waals surface area contributed by atoms with Crippen LogP contribution in [0.15, 0.2) is 10.2 Å². The number of rotatable bonds is 3. The van der Waals surface area contributed by atoms with Gasteiger partial charge in [-0.25, -0.2) is 0 Å². The maximum Gasteiger partial charge on any atom is 0.161 e. The molecule has 0 amide bonds. The number of hydrogen-bond donors (Lipinski definition) is 0. The van der Waals surface area contributed by atoms with Gasteiger partial charge in [0.1, 0.15) is 0 Å². The minimum absolute atomic E-state index is 0.145. The van der Waals surface area contributed by atoms with E-state index in [1.54, 1.807) is 13.8 Å². The van der Waals surface area contributed by atoms with Crippen LogP contribution in [0.2, 0.25) is 0 Å². The summed E-state index contributed by atoms with van der Waals surface area (Å²) in [4.78, 5) is 0. The molecule has 0 unspecified atom stereocenters. The van der Waals surface area contributed by atoms with Gasteiger partial charge in [0.05, 0.1) is 11.6 Å². The number of hydrogen-bond acceptors (Lipinski definition) is 3. The molecule has 12 heavy (non-hydrogen) atoms. The largest absolute Gasteiger partial charge is 0.196 e. The third-order valence-electron chi connectivity index (χ3n) is 1.71. The second kappa shape index (κ2) is 3.66. The van der Waals surface area contributed by atoms with Gasteiger partial charge >= 0.3 is 0 Å². The quantitative estimate of drug-likeness (QED) is 0.596. The Balaban J connectivity index is 4.36. The summed E-state index contributed by atoms with van der Waals surface area (Å²) in [5.74, 6) is 0. The zero-order valence-electron chi connectivity index (χ0n) is 8.55. The van der Waals surface area contributed by atoms with E-state index < -0.39 is 5.54 Å². The summed E-state index contributed by atoms with van der Waals surface area (Å²) in [6, 6.07) is 2.08. The summed E-state index contributed by atoms with van der Waals surface area (Å²) >= 11 is 0. The van der Waals surface area contributed by atoms with E-state index in [-0.39, 0.29) is 5.54 Å². The highest BCUT2D eigenvalue weighted by Gasteiger charge is 2.18. The summed E-state index contributed by atoms with van der Waals surface area (Å²) in [6.45, 7) is 9.57. The van der Waals surface area contributed by atoms with Crippen molar-refractivity contribution in [3.63, 3.8) is 0 Å². The zero-order valence-corrected chi connectivity index (χ0v) is 8.55. The monoisotopic (exact) mass is 167 g/mol. The maximum absolute atomic E-state index is 8.66. The predicted molar refractivity (Wildman–Crippen MR) is 48.9 cm³/mol. The molecule has 0 fully saturated rings. The van der Waals surface area contributed by atoms with Crippen molar-refractivity contribution in [2.75, 3.05) is 0 Å². The van der Waals surface area contributed by atoms with E-state index in [2.05, 4.69) is 23.2 Å². The van der Waals surface area contributed by atoms with Crippen LogP contribution >= 0.6 is 0 Å². The Kier molecular flexibility index (Phi) is 3.38. The van der Waals surface area contributed by atoms with Gasteiger partial charge in [-0.15, -0.1) is 0 Å². The Morgan fingerprint density at radius 1 is 1.17 bits per heavy atom. The van der Waals surface area contributed by atoms with E-state index in [0.717, 1.165) is 6.42 Å². The first-order valence-electron chi connectivity index (χ1n) is 4.18. The smallest absolute Gasteiger partial charge is 0.161 e. The van der Waals surface area contributed by atoms with Crippen LogP contribution in [-0.2, 0) is 0 Å². The Morgan fingerprint density at radius 3 is 2.00 bits per heavy atom. The Hall–Kier alpha value is -0.910. The van der Waals surface area contributed by atoms with E-state index >= 15 is 0 Å². The van der Waals surface area contributed by atoms with Crippen LogP contribution < -0.4 is 0 Å². The predicted octanol–water partition coefficient (Wildman–Crippen LogP) is 2.93. The van der Waals surface area contributed by atoms with Gasteiger partial charge in [0, 0.05) is 0 Å². The zero-order chi connectivity index (χ0) is 9.83. The van der Waals surface area contributed by atoms with E-state index in [4.69, 9.17) is 5.26 Å². The molecular formula is C9H17N3. The molecule has 0 saturated heterocycles. The van der Waals surface area contributed by atoms with Crippen LogP contribution in [0.4, 0.5) is 0 Å². The molecule has 0 aromatic heterocycles. The lowest BCUT2D eigenvalue weighted by Gasteiger charge is -2.17. The molecule has 0 heterocycles. The van der Waals surface area contributed by atoms with E-state index in [1.807, 2.05) is 13.8 Å². The van der Waals surface area contributed by atoms with Gasteiger partial charge < -0.3 is 0 Å². The Labute approximate surface area is 74.5 Å². The molecule has 0 N–H and O–H groups in total. The van der Waals surface area contributed by atoms with Crippen molar-refractivity contribution < 1.29 is 0 Å². The standard InChI is InChI=1S/C9H17N3/c1-6-8(2,3)11-12-9(4,5)7-10/h6H2,1-5H3. The fraction of sp³-hybridized carbons (Fsp3) is 0.889. The van der Waals surface area contributed by atoms with Gasteiger partial charge in [-0.1, -0.05) is 6.92 Å². The van der Waals surface area contributed by atoms with E-state index in [9.17, 15) is 0 Å². The summed E-state index contributed by atoms with van der Waals surface area (Å²) in [5, 5.41) is 16.8. The SMILES string of the molecule is CCC(C)(C)N=NC(C)(C)C#N. The Morgan fingerprint density at radius 2 is 1.67 bits per heavy atom. The molecule has 68 valence electrons. The fourth-order valence-corrected chi connectivity index (χ4v) is 0.353. The summed E-state index contributed by atoms with van der Waals surface area (Å²) < 4.78 is 0. The molecule has 0 aliphatic rings. The second-order valence-corrected chi connectivity index (χ2v) is 4.04. The van der Waals surface area contributed by atoms with Crippen LogP contribution in [0.1, 0.15) is 41.0 Å². The molecule has 0 aliphatic carbocycles. The summed E-state index contributed by atoms with van der Waals surface area (Å²) in [7, 11) is 0. The van der Waals surface area contributed by atoms with Gasteiger partial charge in [-0.3, -0.25) is 0 Å². The van der Waals surface area contributed by atoms with Gasteiger partial charge in [0.15, 0.2) is 5.54 Å². The minimum atomic E-state index is -0.688. The van der Waals surface area contributed by atoms with Gasteiger partial charge in [0.25, 0.3) is 0 Å². The van der Waals surface area contributed by atoms with Gasteiger partial charge in [-0.05, 0) is 34.1 Å². The second-order valence-electron chi connectivity index (χ2n) is 4.04. The molecule has 0 bridgehead atoms. The average Bonchev–Trinajstić information content (AvgIpc) is 2.02. The topological polar surface area (TPSA) is 48.5 Å². The summed E-state index contributed by atoms with van der Waals surface area (Å²) in [5.41, 5.74) is -0.833. The molecule has 0 aromatic carbocycles. The third-order valence-corrected chi connectivity index (χ3v) is 1.71. The van der Waals surface area contributed by atoms with Crippen molar-refractivity contribution in [2.45, 2.75) is 52.1 Å². The highest BCUT2D eigenvalue weighted by Crippen LogP contribution is 2.17. The average molecular weight is 167 g/mol. The van der Waals surface area contributed by atoms with Crippen molar-refractivity contribution in [1.29, 1.82) is 5.26 Å². The molecule has 0 atom stereocenters. The lowest BCUT2D eigenvalue weighted by atomic mass is 10.0. The molecule has 0 aliphatic heterocycles. The molecular weight excluding hydrogens is 150 g/mol. The first kappa shape index (κ1) is 11.1. The van der Waals surface area contributed by atoms with Crippen LogP contribution in [-0.4, -0.2) is 11.1 Å². The van der Waals surface area contributed by atoms with Crippen molar-refractivity contribution in [1.82, 2.24) is 0 Å². The van der Waals surface area contributed by atoms with Crippen molar-refractivity contribution in [2.24, 2.45) is 10.2 Å². The number of azo groups is 1. The van der Waals surface area contributed by atoms with Crippen LogP contribution in [0.25, 0.3) is 0 Å². The molecule has 3 heteroatoms. The third kappa shape index (κ3) is 4.07.